The van der Waals surface area contributed by atoms with E-state index in [9.17, 15) is 0 Å². The van der Waals surface area contributed by atoms with Crippen LogP contribution < -0.4 is 5.32 Å². The molecule has 1 N–H and O–H groups in total. The Morgan fingerprint density at radius 3 is 2.59 bits per heavy atom. The van der Waals surface area contributed by atoms with Gasteiger partial charge in [-0.15, -0.1) is 0 Å². The van der Waals surface area contributed by atoms with Gasteiger partial charge in [0.25, 0.3) is 0 Å². The van der Waals surface area contributed by atoms with Crippen LogP contribution in [0.25, 0.3) is 11.3 Å². The molecule has 90 valence electrons. The number of hydrogen-bond donors (Lipinski definition) is 1. The molecule has 1 aromatic heterocycles. The van der Waals surface area contributed by atoms with Gasteiger partial charge in [0.2, 0.25) is 0 Å². The minimum absolute atomic E-state index is 0.485. The molecule has 3 nitrogen and oxygen atoms in total. The normalized spacial score (nSPS) is 11.1. The Bertz CT molecular complexity index is 471. The highest BCUT2D eigenvalue weighted by molar-refractivity contribution is 5.63. The summed E-state index contributed by atoms with van der Waals surface area (Å²) < 4.78 is 1.94. The second-order valence-electron chi connectivity index (χ2n) is 4.54. The first-order chi connectivity index (χ1) is 8.18. The van der Waals surface area contributed by atoms with Crippen molar-refractivity contribution in [2.45, 2.75) is 26.4 Å². The Balaban J connectivity index is 2.30. The Kier molecular flexibility index (Phi) is 3.59. The van der Waals surface area contributed by atoms with Crippen LogP contribution in [0.4, 0.5) is 0 Å². The van der Waals surface area contributed by atoms with Gasteiger partial charge < -0.3 is 5.32 Å². The van der Waals surface area contributed by atoms with Crippen molar-refractivity contribution in [3.63, 3.8) is 0 Å². The van der Waals surface area contributed by atoms with Gasteiger partial charge >= 0.3 is 0 Å². The third-order valence-corrected chi connectivity index (χ3v) is 2.76. The zero-order valence-corrected chi connectivity index (χ0v) is 10.6. The molecule has 1 aromatic carbocycles. The van der Waals surface area contributed by atoms with Crippen LogP contribution in [-0.2, 0) is 13.6 Å². The average Bonchev–Trinajstić information content (AvgIpc) is 2.69. The Morgan fingerprint density at radius 2 is 1.94 bits per heavy atom. The van der Waals surface area contributed by atoms with Crippen LogP contribution in [0.2, 0.25) is 0 Å². The maximum atomic E-state index is 4.35. The lowest BCUT2D eigenvalue weighted by atomic mass is 10.1. The molecule has 2 aromatic rings. The summed E-state index contributed by atoms with van der Waals surface area (Å²) in [6, 6.07) is 10.9. The Labute approximate surface area is 102 Å². The molecule has 0 spiro atoms. The summed E-state index contributed by atoms with van der Waals surface area (Å²) in [6.45, 7) is 5.16. The van der Waals surface area contributed by atoms with Gasteiger partial charge in [0.15, 0.2) is 0 Å². The number of aryl methyl sites for hydroxylation is 1. The first-order valence-electron chi connectivity index (χ1n) is 5.98. The van der Waals surface area contributed by atoms with Crippen LogP contribution in [0.5, 0.6) is 0 Å². The molecule has 0 saturated carbocycles. The van der Waals surface area contributed by atoms with Gasteiger partial charge in [-0.3, -0.25) is 4.68 Å². The Hall–Kier alpha value is -1.61. The van der Waals surface area contributed by atoms with E-state index in [4.69, 9.17) is 0 Å². The molecule has 0 amide bonds. The van der Waals surface area contributed by atoms with Gasteiger partial charge in [-0.2, -0.15) is 5.10 Å². The first kappa shape index (κ1) is 11.9. The molecule has 1 heterocycles. The van der Waals surface area contributed by atoms with Crippen molar-refractivity contribution in [1.29, 1.82) is 0 Å². The first-order valence-corrected chi connectivity index (χ1v) is 5.98. The van der Waals surface area contributed by atoms with Gasteiger partial charge in [0.05, 0.1) is 11.9 Å². The Morgan fingerprint density at radius 1 is 1.24 bits per heavy atom. The van der Waals surface area contributed by atoms with E-state index in [1.54, 1.807) is 0 Å². The van der Waals surface area contributed by atoms with Crippen LogP contribution in [0, 0.1) is 0 Å². The summed E-state index contributed by atoms with van der Waals surface area (Å²) in [7, 11) is 1.99. The largest absolute Gasteiger partial charge is 0.310 e. The van der Waals surface area contributed by atoms with Crippen LogP contribution in [-0.4, -0.2) is 15.8 Å². The fourth-order valence-corrected chi connectivity index (χ4v) is 1.89. The molecule has 3 heteroatoms. The molecular formula is C14H19N3. The van der Waals surface area contributed by atoms with Crippen LogP contribution in [0.3, 0.4) is 0 Å². The van der Waals surface area contributed by atoms with E-state index in [1.807, 2.05) is 24.0 Å². The fraction of sp³-hybridized carbons (Fsp3) is 0.357. The summed E-state index contributed by atoms with van der Waals surface area (Å²) in [4.78, 5) is 0. The smallest absolute Gasteiger partial charge is 0.0723 e. The summed E-state index contributed by atoms with van der Waals surface area (Å²) in [5.74, 6) is 0. The molecule has 0 aliphatic heterocycles. The van der Waals surface area contributed by atoms with E-state index in [0.29, 0.717) is 6.04 Å². The quantitative estimate of drug-likeness (QED) is 0.873. The molecule has 0 unspecified atom stereocenters. The summed E-state index contributed by atoms with van der Waals surface area (Å²) >= 11 is 0. The SMILES string of the molecule is CC(C)NCc1cnn(C)c1-c1ccccc1. The number of rotatable bonds is 4. The molecule has 17 heavy (non-hydrogen) atoms. The minimum atomic E-state index is 0.485. The number of nitrogens with one attached hydrogen (secondary N) is 1. The van der Waals surface area contributed by atoms with Crippen molar-refractivity contribution in [1.82, 2.24) is 15.1 Å². The van der Waals surface area contributed by atoms with Crippen LogP contribution in [0.1, 0.15) is 19.4 Å². The number of hydrogen-bond acceptors (Lipinski definition) is 2. The molecule has 0 aliphatic carbocycles. The highest BCUT2D eigenvalue weighted by atomic mass is 15.3. The average molecular weight is 229 g/mol. The predicted octanol–water partition coefficient (Wildman–Crippen LogP) is 2.59. The van der Waals surface area contributed by atoms with Gasteiger partial charge in [-0.05, 0) is 0 Å². The third-order valence-electron chi connectivity index (χ3n) is 2.76. The topological polar surface area (TPSA) is 29.9 Å². The van der Waals surface area contributed by atoms with E-state index < -0.39 is 0 Å². The lowest BCUT2D eigenvalue weighted by molar-refractivity contribution is 0.589. The van der Waals surface area contributed by atoms with Crippen molar-refractivity contribution < 1.29 is 0 Å². The van der Waals surface area contributed by atoms with Gasteiger partial charge in [-0.25, -0.2) is 0 Å². The van der Waals surface area contributed by atoms with Crippen molar-refractivity contribution in [3.8, 4) is 11.3 Å². The second kappa shape index (κ2) is 5.15. The van der Waals surface area contributed by atoms with Gasteiger partial charge in [-0.1, -0.05) is 44.2 Å². The molecule has 0 fully saturated rings. The second-order valence-corrected chi connectivity index (χ2v) is 4.54. The van der Waals surface area contributed by atoms with Crippen LogP contribution >= 0.6 is 0 Å². The molecule has 0 bridgehead atoms. The van der Waals surface area contributed by atoms with Crippen LogP contribution in [0.15, 0.2) is 36.5 Å². The highest BCUT2D eigenvalue weighted by Gasteiger charge is 2.10. The van der Waals surface area contributed by atoms with E-state index >= 15 is 0 Å². The molecule has 0 atom stereocenters. The molecular weight excluding hydrogens is 210 g/mol. The summed E-state index contributed by atoms with van der Waals surface area (Å²) in [5.41, 5.74) is 3.65. The number of benzene rings is 1. The van der Waals surface area contributed by atoms with E-state index in [0.717, 1.165) is 6.54 Å². The molecule has 0 radical (unpaired) electrons. The zero-order valence-electron chi connectivity index (χ0n) is 10.6. The molecule has 0 aliphatic rings. The van der Waals surface area contributed by atoms with Crippen molar-refractivity contribution >= 4 is 0 Å². The van der Waals surface area contributed by atoms with E-state index in [1.165, 1.54) is 16.8 Å². The zero-order chi connectivity index (χ0) is 12.3. The third kappa shape index (κ3) is 2.74. The predicted molar refractivity (Wildman–Crippen MR) is 70.6 cm³/mol. The lowest BCUT2D eigenvalue weighted by Crippen LogP contribution is -2.22. The lowest BCUT2D eigenvalue weighted by Gasteiger charge is -2.09. The standard InChI is InChI=1S/C14H19N3/c1-11(2)15-9-13-10-16-17(3)14(13)12-7-5-4-6-8-12/h4-8,10-11,15H,9H2,1-3H3. The fourth-order valence-electron chi connectivity index (χ4n) is 1.89. The maximum Gasteiger partial charge on any atom is 0.0723 e. The van der Waals surface area contributed by atoms with Gasteiger partial charge in [0, 0.05) is 30.8 Å². The monoisotopic (exact) mass is 229 g/mol. The maximum absolute atomic E-state index is 4.35. The van der Waals surface area contributed by atoms with E-state index in [-0.39, 0.29) is 0 Å². The minimum Gasteiger partial charge on any atom is -0.310 e. The van der Waals surface area contributed by atoms with E-state index in [2.05, 4.69) is 48.5 Å². The van der Waals surface area contributed by atoms with Crippen molar-refractivity contribution in [2.75, 3.05) is 0 Å². The van der Waals surface area contributed by atoms with Gasteiger partial charge in [0.1, 0.15) is 0 Å². The molecule has 2 rings (SSSR count). The highest BCUT2D eigenvalue weighted by Crippen LogP contribution is 2.22. The summed E-state index contributed by atoms with van der Waals surface area (Å²) in [6.07, 6.45) is 1.94. The van der Waals surface area contributed by atoms with Crippen molar-refractivity contribution in [2.24, 2.45) is 7.05 Å². The molecule has 0 saturated heterocycles. The number of nitrogens with zero attached hydrogens (tertiary/aromatic N) is 2. The number of aromatic nitrogens is 2. The van der Waals surface area contributed by atoms with Crippen molar-refractivity contribution in [3.05, 3.63) is 42.1 Å². The summed E-state index contributed by atoms with van der Waals surface area (Å²) in [5, 5.41) is 7.78.